The monoisotopic (exact) mass is 429 g/mol. The van der Waals surface area contributed by atoms with Crippen molar-refractivity contribution in [2.24, 2.45) is 0 Å². The number of benzene rings is 2. The second-order valence-corrected chi connectivity index (χ2v) is 8.56. The first kappa shape index (κ1) is 19.0. The van der Waals surface area contributed by atoms with Gasteiger partial charge in [0.2, 0.25) is 5.91 Å². The minimum Gasteiger partial charge on any atom is -0.410 e. The van der Waals surface area contributed by atoms with Gasteiger partial charge in [-0.1, -0.05) is 53.7 Å². The molecule has 0 aliphatic rings. The maximum Gasteiger partial charge on any atom is 0.277 e. The van der Waals surface area contributed by atoms with E-state index in [4.69, 9.17) is 16.0 Å². The van der Waals surface area contributed by atoms with Gasteiger partial charge in [-0.05, 0) is 37.1 Å². The van der Waals surface area contributed by atoms with Gasteiger partial charge in [0.25, 0.3) is 11.1 Å². The Hall–Kier alpha value is -2.35. The molecule has 0 bridgehead atoms. The minimum absolute atomic E-state index is 0.127. The first-order valence-corrected chi connectivity index (χ1v) is 10.7. The smallest absolute Gasteiger partial charge is 0.277 e. The van der Waals surface area contributed by atoms with E-state index >= 15 is 0 Å². The van der Waals surface area contributed by atoms with Gasteiger partial charge in [0.05, 0.1) is 10.8 Å². The fraction of sp³-hybridized carbons (Fsp3) is 0.150. The Morgan fingerprint density at radius 3 is 2.82 bits per heavy atom. The zero-order valence-electron chi connectivity index (χ0n) is 15.2. The fourth-order valence-electron chi connectivity index (χ4n) is 2.71. The van der Waals surface area contributed by atoms with Crippen molar-refractivity contribution in [3.05, 3.63) is 58.6 Å². The van der Waals surface area contributed by atoms with Crippen molar-refractivity contribution in [3.8, 4) is 10.8 Å². The predicted molar refractivity (Wildman–Crippen MR) is 115 cm³/mol. The first-order chi connectivity index (χ1) is 13.5. The zero-order chi connectivity index (χ0) is 19.7. The van der Waals surface area contributed by atoms with Gasteiger partial charge in [0.15, 0.2) is 0 Å². The molecule has 2 heterocycles. The van der Waals surface area contributed by atoms with Crippen LogP contribution in [0, 0.1) is 13.8 Å². The highest BCUT2D eigenvalue weighted by Gasteiger charge is 2.18. The van der Waals surface area contributed by atoms with Crippen LogP contribution >= 0.6 is 34.7 Å². The summed E-state index contributed by atoms with van der Waals surface area (Å²) in [5, 5.41) is 12.9. The number of nitrogens with zero attached hydrogens (tertiary/aromatic N) is 2. The van der Waals surface area contributed by atoms with Crippen molar-refractivity contribution in [3.63, 3.8) is 0 Å². The molecule has 1 N–H and O–H groups in total. The minimum atomic E-state index is -0.127. The quantitative estimate of drug-likeness (QED) is 0.397. The van der Waals surface area contributed by atoms with Gasteiger partial charge in [-0.25, -0.2) is 0 Å². The Kier molecular flexibility index (Phi) is 5.39. The summed E-state index contributed by atoms with van der Waals surface area (Å²) in [4.78, 5) is 13.0. The number of aryl methyl sites for hydroxylation is 1. The van der Waals surface area contributed by atoms with Gasteiger partial charge in [0, 0.05) is 15.8 Å². The number of aromatic nitrogens is 2. The third-order valence-electron chi connectivity index (χ3n) is 4.34. The molecule has 5 nitrogen and oxygen atoms in total. The van der Waals surface area contributed by atoms with Gasteiger partial charge in [-0.15, -0.1) is 21.5 Å². The van der Waals surface area contributed by atoms with Crippen molar-refractivity contribution < 1.29 is 9.21 Å². The number of anilines is 1. The Balaban J connectivity index is 1.44. The van der Waals surface area contributed by atoms with Crippen LogP contribution in [-0.4, -0.2) is 21.9 Å². The van der Waals surface area contributed by atoms with Crippen molar-refractivity contribution in [2.75, 3.05) is 11.1 Å². The lowest BCUT2D eigenvalue weighted by Crippen LogP contribution is -2.15. The Bertz CT molecular complexity index is 1170. The van der Waals surface area contributed by atoms with E-state index in [-0.39, 0.29) is 11.7 Å². The number of fused-ring (bicyclic) bond motifs is 1. The molecule has 0 unspecified atom stereocenters. The predicted octanol–water partition coefficient (Wildman–Crippen LogP) is 5.95. The molecule has 2 aromatic carbocycles. The van der Waals surface area contributed by atoms with Gasteiger partial charge in [-0.2, -0.15) is 0 Å². The average molecular weight is 430 g/mol. The molecule has 0 fully saturated rings. The summed E-state index contributed by atoms with van der Waals surface area (Å²) < 4.78 is 6.77. The van der Waals surface area contributed by atoms with E-state index in [1.165, 1.54) is 23.1 Å². The van der Waals surface area contributed by atoms with Crippen LogP contribution in [0.15, 0.2) is 52.1 Å². The molecular weight excluding hydrogens is 414 g/mol. The summed E-state index contributed by atoms with van der Waals surface area (Å²) in [7, 11) is 0. The number of hydrogen-bond donors (Lipinski definition) is 1. The number of carbonyl (C=O) groups is 1. The molecule has 2 aromatic heterocycles. The van der Waals surface area contributed by atoms with Crippen LogP contribution in [0.3, 0.4) is 0 Å². The molecule has 4 rings (SSSR count). The Morgan fingerprint density at radius 1 is 1.18 bits per heavy atom. The van der Waals surface area contributed by atoms with Crippen LogP contribution in [0.1, 0.15) is 11.1 Å². The van der Waals surface area contributed by atoms with E-state index in [0.29, 0.717) is 16.1 Å². The number of thiophene rings is 1. The summed E-state index contributed by atoms with van der Waals surface area (Å²) in [5.41, 5.74) is 3.00. The number of rotatable bonds is 5. The van der Waals surface area contributed by atoms with Gasteiger partial charge in [0.1, 0.15) is 4.88 Å². The molecule has 0 radical (unpaired) electrons. The highest BCUT2D eigenvalue weighted by Crippen LogP contribution is 2.41. The third-order valence-corrected chi connectivity index (χ3v) is 6.82. The lowest BCUT2D eigenvalue weighted by molar-refractivity contribution is -0.113. The van der Waals surface area contributed by atoms with Crippen molar-refractivity contribution in [2.45, 2.75) is 19.1 Å². The Morgan fingerprint density at radius 2 is 2.00 bits per heavy atom. The molecule has 0 saturated heterocycles. The number of nitrogens with one attached hydrogen (secondary N) is 1. The number of hydrogen-bond acceptors (Lipinski definition) is 6. The maximum atomic E-state index is 12.3. The Labute approximate surface area is 175 Å². The number of thioether (sulfide) groups is 1. The molecule has 0 atom stereocenters. The van der Waals surface area contributed by atoms with Crippen LogP contribution in [0.5, 0.6) is 0 Å². The number of amides is 1. The van der Waals surface area contributed by atoms with Crippen LogP contribution in [0.4, 0.5) is 5.69 Å². The number of halogens is 1. The van der Waals surface area contributed by atoms with E-state index in [0.717, 1.165) is 31.8 Å². The SMILES string of the molecule is Cc1cccc(NC(=O)CSc2nnc(-c3sc4ccccc4c3Cl)o2)c1C. The fourth-order valence-corrected chi connectivity index (χ4v) is 4.71. The van der Waals surface area contributed by atoms with E-state index in [9.17, 15) is 4.79 Å². The van der Waals surface area contributed by atoms with Gasteiger partial charge in [-0.3, -0.25) is 4.79 Å². The molecule has 0 aliphatic heterocycles. The van der Waals surface area contributed by atoms with Crippen molar-refractivity contribution in [1.29, 1.82) is 0 Å². The standard InChI is InChI=1S/C20H16ClN3O2S2/c1-11-6-5-8-14(12(11)2)22-16(25)10-27-20-24-23-19(26-20)18-17(21)13-7-3-4-9-15(13)28-18/h3-9H,10H2,1-2H3,(H,22,25). The summed E-state index contributed by atoms with van der Waals surface area (Å²) >= 11 is 9.16. The third kappa shape index (κ3) is 3.78. The van der Waals surface area contributed by atoms with E-state index < -0.39 is 0 Å². The lowest BCUT2D eigenvalue weighted by Gasteiger charge is -2.09. The normalized spacial score (nSPS) is 11.1. The van der Waals surface area contributed by atoms with Crippen LogP contribution < -0.4 is 5.32 Å². The van der Waals surface area contributed by atoms with E-state index in [1.807, 2.05) is 56.3 Å². The van der Waals surface area contributed by atoms with Crippen LogP contribution in [0.2, 0.25) is 5.02 Å². The molecule has 28 heavy (non-hydrogen) atoms. The first-order valence-electron chi connectivity index (χ1n) is 8.52. The summed E-state index contributed by atoms with van der Waals surface area (Å²) in [6, 6.07) is 13.7. The molecule has 142 valence electrons. The van der Waals surface area contributed by atoms with Crippen molar-refractivity contribution in [1.82, 2.24) is 10.2 Å². The van der Waals surface area contributed by atoms with Crippen molar-refractivity contribution >= 4 is 56.4 Å². The topological polar surface area (TPSA) is 68.0 Å². The van der Waals surface area contributed by atoms with Crippen LogP contribution in [-0.2, 0) is 4.79 Å². The van der Waals surface area contributed by atoms with E-state index in [1.54, 1.807) is 0 Å². The molecule has 8 heteroatoms. The van der Waals surface area contributed by atoms with Crippen LogP contribution in [0.25, 0.3) is 20.9 Å². The molecule has 0 aliphatic carbocycles. The maximum absolute atomic E-state index is 12.3. The molecular formula is C20H16ClN3O2S2. The molecule has 4 aromatic rings. The second kappa shape index (κ2) is 7.95. The molecule has 0 spiro atoms. The summed E-state index contributed by atoms with van der Waals surface area (Å²) in [6.45, 7) is 4.00. The lowest BCUT2D eigenvalue weighted by atomic mass is 10.1. The summed E-state index contributed by atoms with van der Waals surface area (Å²) in [6.07, 6.45) is 0. The zero-order valence-corrected chi connectivity index (χ0v) is 17.5. The van der Waals surface area contributed by atoms with Gasteiger partial charge >= 0.3 is 0 Å². The van der Waals surface area contributed by atoms with Gasteiger partial charge < -0.3 is 9.73 Å². The number of carbonyl (C=O) groups excluding carboxylic acids is 1. The molecule has 0 saturated carbocycles. The largest absolute Gasteiger partial charge is 0.410 e. The highest BCUT2D eigenvalue weighted by molar-refractivity contribution is 7.99. The van der Waals surface area contributed by atoms with E-state index in [2.05, 4.69) is 15.5 Å². The average Bonchev–Trinajstić information content (AvgIpc) is 3.29. The highest BCUT2D eigenvalue weighted by atomic mass is 35.5. The molecule has 1 amide bonds. The summed E-state index contributed by atoms with van der Waals surface area (Å²) in [5.74, 6) is 0.414. The second-order valence-electron chi connectivity index (χ2n) is 6.20.